The topological polar surface area (TPSA) is 33.6 Å². The van der Waals surface area contributed by atoms with Crippen LogP contribution in [0, 0.1) is 11.7 Å². The smallest absolute Gasteiger partial charge is 0.182 e. The van der Waals surface area contributed by atoms with Crippen LogP contribution in [0.25, 0.3) is 26.9 Å². The molecule has 1 N–H and O–H groups in total. The van der Waals surface area contributed by atoms with Crippen molar-refractivity contribution in [2.45, 2.75) is 6.92 Å². The molecule has 4 aromatic rings. The van der Waals surface area contributed by atoms with Crippen molar-refractivity contribution in [1.29, 1.82) is 0 Å². The Kier molecular flexibility index (Phi) is 2.52. The van der Waals surface area contributed by atoms with Crippen molar-refractivity contribution in [2.75, 3.05) is 0 Å². The molecule has 2 aromatic heterocycles. The molecule has 0 radical (unpaired) electrons. The lowest BCUT2D eigenvalue weighted by Crippen LogP contribution is -1.93. The Morgan fingerprint density at radius 1 is 1.25 bits per heavy atom. The monoisotopic (exact) mass is 297 g/mol. The van der Waals surface area contributed by atoms with Crippen molar-refractivity contribution in [3.63, 3.8) is 0 Å². The van der Waals surface area contributed by atoms with Gasteiger partial charge in [-0.25, -0.2) is 4.98 Å². The second-order valence-corrected chi connectivity index (χ2v) is 6.01. The normalized spacial score (nSPS) is 11.4. The first-order valence-corrected chi connectivity index (χ1v) is 7.57. The number of imidazole rings is 1. The minimum absolute atomic E-state index is 0.721. The van der Waals surface area contributed by atoms with Gasteiger partial charge in [-0.2, -0.15) is 0 Å². The molecule has 0 aliphatic carbocycles. The molecule has 0 amide bonds. The van der Waals surface area contributed by atoms with Crippen LogP contribution in [0.4, 0.5) is 0 Å². The first-order chi connectivity index (χ1) is 9.74. The lowest BCUT2D eigenvalue weighted by molar-refractivity contribution is 1.07. The van der Waals surface area contributed by atoms with E-state index in [0.29, 0.717) is 0 Å². The molecular formula is C15H11N3S2. The maximum atomic E-state index is 5.49. The molecule has 3 nitrogen and oxygen atoms in total. The van der Waals surface area contributed by atoms with E-state index in [1.807, 2.05) is 11.6 Å². The number of nitrogens with zero attached hydrogens (tertiary/aromatic N) is 2. The molecule has 4 rings (SSSR count). The molecule has 5 heteroatoms. The van der Waals surface area contributed by atoms with Crippen molar-refractivity contribution >= 4 is 44.8 Å². The Labute approximate surface area is 124 Å². The minimum Gasteiger partial charge on any atom is -0.330 e. The van der Waals surface area contributed by atoms with Gasteiger partial charge in [-0.1, -0.05) is 12.1 Å². The van der Waals surface area contributed by atoms with E-state index in [2.05, 4.69) is 51.8 Å². The predicted octanol–water partition coefficient (Wildman–Crippen LogP) is 4.61. The molecule has 0 bridgehead atoms. The third kappa shape index (κ3) is 1.63. The number of nitrogens with one attached hydrogen (secondary N) is 1. The highest BCUT2D eigenvalue weighted by Gasteiger charge is 2.09. The van der Waals surface area contributed by atoms with Gasteiger partial charge in [0.1, 0.15) is 0 Å². The number of benzene rings is 2. The summed E-state index contributed by atoms with van der Waals surface area (Å²) in [7, 11) is 0. The molecule has 98 valence electrons. The highest BCUT2D eigenvalue weighted by atomic mass is 32.1. The summed E-state index contributed by atoms with van der Waals surface area (Å²) in [6.07, 6.45) is 0. The Morgan fingerprint density at radius 2 is 2.15 bits per heavy atom. The van der Waals surface area contributed by atoms with Crippen molar-refractivity contribution in [3.05, 3.63) is 52.2 Å². The zero-order valence-corrected chi connectivity index (χ0v) is 12.4. The maximum Gasteiger partial charge on any atom is 0.182 e. The van der Waals surface area contributed by atoms with Gasteiger partial charge in [-0.15, -0.1) is 11.3 Å². The van der Waals surface area contributed by atoms with Gasteiger partial charge in [-0.3, -0.25) is 4.57 Å². The van der Waals surface area contributed by atoms with E-state index in [4.69, 9.17) is 12.2 Å². The highest BCUT2D eigenvalue weighted by molar-refractivity contribution is 7.71. The fourth-order valence-electron chi connectivity index (χ4n) is 2.51. The fourth-order valence-corrected chi connectivity index (χ4v) is 3.53. The summed E-state index contributed by atoms with van der Waals surface area (Å²) in [5, 5.41) is 0. The van der Waals surface area contributed by atoms with Gasteiger partial charge in [-0.05, 0) is 49.0 Å². The zero-order chi connectivity index (χ0) is 13.7. The molecule has 0 atom stereocenters. The van der Waals surface area contributed by atoms with Crippen molar-refractivity contribution in [3.8, 4) is 5.69 Å². The highest BCUT2D eigenvalue weighted by Crippen LogP contribution is 2.25. The van der Waals surface area contributed by atoms with Crippen LogP contribution in [0.15, 0.2) is 41.9 Å². The summed E-state index contributed by atoms with van der Waals surface area (Å²) in [4.78, 5) is 7.62. The molecule has 0 aliphatic rings. The van der Waals surface area contributed by atoms with Crippen LogP contribution in [-0.4, -0.2) is 14.5 Å². The van der Waals surface area contributed by atoms with E-state index < -0.39 is 0 Å². The second kappa shape index (κ2) is 4.26. The van der Waals surface area contributed by atoms with E-state index in [-0.39, 0.29) is 0 Å². The Bertz CT molecular complexity index is 991. The first-order valence-electron chi connectivity index (χ1n) is 6.28. The van der Waals surface area contributed by atoms with Crippen LogP contribution in [0.2, 0.25) is 0 Å². The quantitative estimate of drug-likeness (QED) is 0.521. The van der Waals surface area contributed by atoms with Crippen LogP contribution in [0.5, 0.6) is 0 Å². The van der Waals surface area contributed by atoms with Gasteiger partial charge < -0.3 is 4.98 Å². The molecule has 20 heavy (non-hydrogen) atoms. The van der Waals surface area contributed by atoms with Crippen molar-refractivity contribution in [1.82, 2.24) is 14.5 Å². The van der Waals surface area contributed by atoms with Gasteiger partial charge in [0, 0.05) is 5.69 Å². The van der Waals surface area contributed by atoms with E-state index in [0.717, 1.165) is 27.0 Å². The summed E-state index contributed by atoms with van der Waals surface area (Å²) in [5.41, 5.74) is 7.38. The Balaban J connectivity index is 2.08. The standard InChI is InChI=1S/C15H11N3S2/c1-9-3-2-4-12-14(9)17-15(19)18(12)10-5-6-11-13(7-10)20-8-16-11/h2-8H,1H3,(H,17,19). The average Bonchev–Trinajstić information content (AvgIpc) is 3.02. The summed E-state index contributed by atoms with van der Waals surface area (Å²) < 4.78 is 3.97. The van der Waals surface area contributed by atoms with Crippen LogP contribution in [0.3, 0.4) is 0 Å². The van der Waals surface area contributed by atoms with Crippen LogP contribution < -0.4 is 0 Å². The van der Waals surface area contributed by atoms with E-state index >= 15 is 0 Å². The number of aromatic amines is 1. The van der Waals surface area contributed by atoms with E-state index in [1.165, 1.54) is 10.3 Å². The van der Waals surface area contributed by atoms with Gasteiger partial charge in [0.15, 0.2) is 4.77 Å². The summed E-state index contributed by atoms with van der Waals surface area (Å²) in [6, 6.07) is 12.5. The average molecular weight is 297 g/mol. The molecule has 0 unspecified atom stereocenters. The number of H-pyrrole nitrogens is 1. The molecule has 0 saturated carbocycles. The molecular weight excluding hydrogens is 286 g/mol. The number of para-hydroxylation sites is 1. The molecule has 2 aromatic carbocycles. The summed E-state index contributed by atoms with van der Waals surface area (Å²) in [5.74, 6) is 0. The predicted molar refractivity (Wildman–Crippen MR) is 86.4 cm³/mol. The minimum atomic E-state index is 0.721. The largest absolute Gasteiger partial charge is 0.330 e. The van der Waals surface area contributed by atoms with Gasteiger partial charge in [0.05, 0.1) is 26.8 Å². The third-order valence-corrected chi connectivity index (χ3v) is 4.58. The number of fused-ring (bicyclic) bond motifs is 2. The maximum absolute atomic E-state index is 5.49. The van der Waals surface area contributed by atoms with Gasteiger partial charge >= 0.3 is 0 Å². The van der Waals surface area contributed by atoms with Gasteiger partial charge in [0.25, 0.3) is 0 Å². The van der Waals surface area contributed by atoms with Crippen molar-refractivity contribution in [2.24, 2.45) is 0 Å². The third-order valence-electron chi connectivity index (χ3n) is 3.50. The Morgan fingerprint density at radius 3 is 3.05 bits per heavy atom. The number of rotatable bonds is 1. The SMILES string of the molecule is Cc1cccc2c1[nH]c(=S)n2-c1ccc2ncsc2c1. The molecule has 2 heterocycles. The molecule has 0 spiro atoms. The van der Waals surface area contributed by atoms with Crippen LogP contribution in [-0.2, 0) is 0 Å². The number of thiazole rings is 1. The van der Waals surface area contributed by atoms with Crippen LogP contribution in [0.1, 0.15) is 5.56 Å². The van der Waals surface area contributed by atoms with Gasteiger partial charge in [0.2, 0.25) is 0 Å². The van der Waals surface area contributed by atoms with E-state index in [9.17, 15) is 0 Å². The number of hydrogen-bond acceptors (Lipinski definition) is 3. The number of aryl methyl sites for hydroxylation is 1. The number of hydrogen-bond donors (Lipinski definition) is 1. The summed E-state index contributed by atoms with van der Waals surface area (Å²) >= 11 is 7.14. The summed E-state index contributed by atoms with van der Waals surface area (Å²) in [6.45, 7) is 2.09. The molecule has 0 saturated heterocycles. The van der Waals surface area contributed by atoms with E-state index in [1.54, 1.807) is 11.3 Å². The lowest BCUT2D eigenvalue weighted by atomic mass is 10.2. The fraction of sp³-hybridized carbons (Fsp3) is 0.0667. The first kappa shape index (κ1) is 11.8. The van der Waals surface area contributed by atoms with Crippen molar-refractivity contribution < 1.29 is 0 Å². The zero-order valence-electron chi connectivity index (χ0n) is 10.8. The number of aromatic nitrogens is 3. The van der Waals surface area contributed by atoms with Crippen LogP contribution >= 0.6 is 23.6 Å². The molecule has 0 fully saturated rings. The second-order valence-electron chi connectivity index (χ2n) is 4.74. The Hall–Kier alpha value is -1.98. The lowest BCUT2D eigenvalue weighted by Gasteiger charge is -2.05. The molecule has 0 aliphatic heterocycles.